The third-order valence-corrected chi connectivity index (χ3v) is 4.90. The Labute approximate surface area is 149 Å². The lowest BCUT2D eigenvalue weighted by Crippen LogP contribution is -2.54. The molecule has 1 atom stereocenters. The quantitative estimate of drug-likeness (QED) is 0.901. The summed E-state index contributed by atoms with van der Waals surface area (Å²) in [5.41, 5.74) is 2.23. The van der Waals surface area contributed by atoms with Gasteiger partial charge in [-0.05, 0) is 25.3 Å². The summed E-state index contributed by atoms with van der Waals surface area (Å²) in [7, 11) is 0. The Morgan fingerprint density at radius 1 is 1.12 bits per heavy atom. The van der Waals surface area contributed by atoms with Gasteiger partial charge in [0.15, 0.2) is 0 Å². The zero-order chi connectivity index (χ0) is 17.6. The van der Waals surface area contributed by atoms with Crippen molar-refractivity contribution in [3.05, 3.63) is 35.4 Å². The summed E-state index contributed by atoms with van der Waals surface area (Å²) in [6, 6.07) is 8.00. The summed E-state index contributed by atoms with van der Waals surface area (Å²) in [4.78, 5) is 28.3. The number of nitrogens with zero attached hydrogens (tertiary/aromatic N) is 2. The minimum atomic E-state index is -0.0545. The molecule has 0 radical (unpaired) electrons. The van der Waals surface area contributed by atoms with Gasteiger partial charge in [0.05, 0.1) is 12.5 Å². The van der Waals surface area contributed by atoms with Crippen LogP contribution < -0.4 is 5.32 Å². The van der Waals surface area contributed by atoms with Crippen molar-refractivity contribution in [3.63, 3.8) is 0 Å². The molecule has 2 heterocycles. The number of hydrogen-bond donors (Lipinski definition) is 1. The molecule has 136 valence electrons. The van der Waals surface area contributed by atoms with E-state index in [9.17, 15) is 9.59 Å². The molecule has 6 heteroatoms. The first kappa shape index (κ1) is 17.7. The van der Waals surface area contributed by atoms with E-state index in [1.54, 1.807) is 4.90 Å². The van der Waals surface area contributed by atoms with Gasteiger partial charge < -0.3 is 19.9 Å². The Balaban J connectivity index is 1.40. The van der Waals surface area contributed by atoms with Crippen molar-refractivity contribution in [1.29, 1.82) is 0 Å². The number of nitrogens with one attached hydrogen (secondary N) is 1. The Hall–Kier alpha value is -2.08. The molecular formula is C19H27N3O3. The lowest BCUT2D eigenvalue weighted by atomic mass is 10.1. The minimum absolute atomic E-state index is 0.0545. The summed E-state index contributed by atoms with van der Waals surface area (Å²) in [5.74, 6) is 0.128. The van der Waals surface area contributed by atoms with Gasteiger partial charge in [0.1, 0.15) is 0 Å². The van der Waals surface area contributed by atoms with E-state index in [0.717, 1.165) is 25.0 Å². The third-order valence-electron chi connectivity index (χ3n) is 4.90. The standard InChI is InChI=1S/C19H27N3O3/c1-15-4-6-16(7-5-15)13-18(23)21-8-10-22(11-9-21)19(24)20-14-17-3-2-12-25-17/h4-7,17H,2-3,8-14H2,1H3,(H,20,24)/t17-/m1/s1. The molecule has 3 rings (SSSR count). The van der Waals surface area contributed by atoms with Crippen molar-refractivity contribution in [2.24, 2.45) is 0 Å². The predicted octanol–water partition coefficient (Wildman–Crippen LogP) is 1.57. The van der Waals surface area contributed by atoms with Crippen LogP contribution in [0.1, 0.15) is 24.0 Å². The molecule has 1 N–H and O–H groups in total. The highest BCUT2D eigenvalue weighted by molar-refractivity contribution is 5.79. The first-order valence-electron chi connectivity index (χ1n) is 9.09. The summed E-state index contributed by atoms with van der Waals surface area (Å²) < 4.78 is 5.52. The van der Waals surface area contributed by atoms with Crippen molar-refractivity contribution in [2.75, 3.05) is 39.3 Å². The normalized spacial score (nSPS) is 20.6. The van der Waals surface area contributed by atoms with Crippen LogP contribution in [0.15, 0.2) is 24.3 Å². The number of ether oxygens (including phenoxy) is 1. The van der Waals surface area contributed by atoms with Gasteiger partial charge in [-0.3, -0.25) is 4.79 Å². The number of rotatable bonds is 4. The number of piperazine rings is 1. The third kappa shape index (κ3) is 4.95. The van der Waals surface area contributed by atoms with E-state index >= 15 is 0 Å². The number of urea groups is 1. The molecule has 0 unspecified atom stereocenters. The highest BCUT2D eigenvalue weighted by atomic mass is 16.5. The van der Waals surface area contributed by atoms with Crippen LogP contribution in [0, 0.1) is 6.92 Å². The second-order valence-electron chi connectivity index (χ2n) is 6.85. The summed E-state index contributed by atoms with van der Waals surface area (Å²) >= 11 is 0. The molecule has 0 bridgehead atoms. The van der Waals surface area contributed by atoms with E-state index in [1.165, 1.54) is 5.56 Å². The fourth-order valence-corrected chi connectivity index (χ4v) is 3.27. The lowest BCUT2D eigenvalue weighted by Gasteiger charge is -2.35. The van der Waals surface area contributed by atoms with Crippen LogP contribution >= 0.6 is 0 Å². The van der Waals surface area contributed by atoms with E-state index in [2.05, 4.69) is 5.32 Å². The molecule has 2 aliphatic rings. The number of aryl methyl sites for hydroxylation is 1. The summed E-state index contributed by atoms with van der Waals surface area (Å²) in [6.45, 7) is 5.76. The average molecular weight is 345 g/mol. The van der Waals surface area contributed by atoms with E-state index in [0.29, 0.717) is 39.1 Å². The molecule has 0 spiro atoms. The van der Waals surface area contributed by atoms with Gasteiger partial charge in [-0.25, -0.2) is 4.79 Å². The first-order chi connectivity index (χ1) is 12.1. The highest BCUT2D eigenvalue weighted by Crippen LogP contribution is 2.11. The fourth-order valence-electron chi connectivity index (χ4n) is 3.27. The molecule has 2 saturated heterocycles. The predicted molar refractivity (Wildman–Crippen MR) is 95.4 cm³/mol. The van der Waals surface area contributed by atoms with Crippen molar-refractivity contribution >= 4 is 11.9 Å². The molecule has 2 fully saturated rings. The number of carbonyl (C=O) groups excluding carboxylic acids is 2. The average Bonchev–Trinajstić information content (AvgIpc) is 3.15. The van der Waals surface area contributed by atoms with Crippen LogP contribution in [0.25, 0.3) is 0 Å². The Morgan fingerprint density at radius 3 is 2.44 bits per heavy atom. The zero-order valence-corrected chi connectivity index (χ0v) is 14.9. The van der Waals surface area contributed by atoms with E-state index in [-0.39, 0.29) is 18.0 Å². The zero-order valence-electron chi connectivity index (χ0n) is 14.9. The maximum Gasteiger partial charge on any atom is 0.317 e. The minimum Gasteiger partial charge on any atom is -0.376 e. The van der Waals surface area contributed by atoms with Gasteiger partial charge in [0.2, 0.25) is 5.91 Å². The maximum atomic E-state index is 12.4. The van der Waals surface area contributed by atoms with E-state index < -0.39 is 0 Å². The van der Waals surface area contributed by atoms with Crippen LogP contribution in [-0.4, -0.2) is 67.2 Å². The number of amides is 3. The van der Waals surface area contributed by atoms with E-state index in [4.69, 9.17) is 4.74 Å². The second-order valence-corrected chi connectivity index (χ2v) is 6.85. The number of carbonyl (C=O) groups is 2. The van der Waals surface area contributed by atoms with Crippen LogP contribution in [0.2, 0.25) is 0 Å². The van der Waals surface area contributed by atoms with Gasteiger partial charge >= 0.3 is 6.03 Å². The van der Waals surface area contributed by atoms with Crippen molar-refractivity contribution < 1.29 is 14.3 Å². The molecule has 2 aliphatic heterocycles. The molecule has 3 amide bonds. The highest BCUT2D eigenvalue weighted by Gasteiger charge is 2.25. The summed E-state index contributed by atoms with van der Waals surface area (Å²) in [5, 5.41) is 2.94. The topological polar surface area (TPSA) is 61.9 Å². The van der Waals surface area contributed by atoms with Gasteiger partial charge in [0.25, 0.3) is 0 Å². The Morgan fingerprint density at radius 2 is 1.80 bits per heavy atom. The monoisotopic (exact) mass is 345 g/mol. The molecular weight excluding hydrogens is 318 g/mol. The van der Waals surface area contributed by atoms with Crippen LogP contribution in [0.4, 0.5) is 4.79 Å². The fraction of sp³-hybridized carbons (Fsp3) is 0.579. The molecule has 0 aliphatic carbocycles. The second kappa shape index (κ2) is 8.34. The SMILES string of the molecule is Cc1ccc(CC(=O)N2CCN(C(=O)NC[C@H]3CCCO3)CC2)cc1. The van der Waals surface area contributed by atoms with Crippen molar-refractivity contribution in [2.45, 2.75) is 32.3 Å². The largest absolute Gasteiger partial charge is 0.376 e. The first-order valence-corrected chi connectivity index (χ1v) is 9.09. The van der Waals surface area contributed by atoms with Crippen molar-refractivity contribution in [1.82, 2.24) is 15.1 Å². The number of hydrogen-bond acceptors (Lipinski definition) is 3. The van der Waals surface area contributed by atoms with E-state index in [1.807, 2.05) is 36.1 Å². The maximum absolute atomic E-state index is 12.4. The van der Waals surface area contributed by atoms with Gasteiger partial charge in [-0.2, -0.15) is 0 Å². The van der Waals surface area contributed by atoms with Gasteiger partial charge in [-0.1, -0.05) is 29.8 Å². The molecule has 0 saturated carbocycles. The smallest absolute Gasteiger partial charge is 0.317 e. The van der Waals surface area contributed by atoms with Crippen LogP contribution in [0.3, 0.4) is 0 Å². The summed E-state index contributed by atoms with van der Waals surface area (Å²) in [6.07, 6.45) is 2.66. The molecule has 1 aromatic rings. The molecule has 0 aromatic heterocycles. The molecule has 6 nitrogen and oxygen atoms in total. The Bertz CT molecular complexity index is 588. The van der Waals surface area contributed by atoms with Crippen LogP contribution in [-0.2, 0) is 16.0 Å². The molecule has 1 aromatic carbocycles. The number of benzene rings is 1. The Kier molecular flexibility index (Phi) is 5.91. The van der Waals surface area contributed by atoms with Gasteiger partial charge in [0, 0.05) is 39.3 Å². The lowest BCUT2D eigenvalue weighted by molar-refractivity contribution is -0.131. The molecule has 25 heavy (non-hydrogen) atoms. The van der Waals surface area contributed by atoms with Crippen LogP contribution in [0.5, 0.6) is 0 Å². The van der Waals surface area contributed by atoms with Gasteiger partial charge in [-0.15, -0.1) is 0 Å². The van der Waals surface area contributed by atoms with Crippen molar-refractivity contribution in [3.8, 4) is 0 Å².